The number of nitrogens with zero attached hydrogens (tertiary/aromatic N) is 3. The van der Waals surface area contributed by atoms with Crippen LogP contribution >= 0.6 is 23.2 Å². The molecule has 0 fully saturated rings. The van der Waals surface area contributed by atoms with E-state index in [1.165, 1.54) is 0 Å². The molecule has 2 aromatic heterocycles. The number of rotatable bonds is 1. The van der Waals surface area contributed by atoms with Gasteiger partial charge in [0.15, 0.2) is 5.15 Å². The van der Waals surface area contributed by atoms with Crippen molar-refractivity contribution in [1.82, 2.24) is 15.2 Å². The normalized spacial score (nSPS) is 11.3. The first-order valence-electron chi connectivity index (χ1n) is 7.53. The van der Waals surface area contributed by atoms with Crippen LogP contribution in [0.15, 0.2) is 42.5 Å². The van der Waals surface area contributed by atoms with Gasteiger partial charge in [-0.1, -0.05) is 41.4 Å². The van der Waals surface area contributed by atoms with E-state index >= 15 is 0 Å². The van der Waals surface area contributed by atoms with Crippen molar-refractivity contribution in [3.8, 4) is 11.1 Å². The molecule has 0 saturated carbocycles. The fourth-order valence-corrected chi connectivity index (χ4v) is 3.45. The number of hydrogen-bond acceptors (Lipinski definition) is 3. The summed E-state index contributed by atoms with van der Waals surface area (Å²) in [6.07, 6.45) is 0. The van der Waals surface area contributed by atoms with Crippen LogP contribution in [-0.4, -0.2) is 15.2 Å². The van der Waals surface area contributed by atoms with Gasteiger partial charge < -0.3 is 0 Å². The molecule has 5 heteroatoms. The second-order valence-electron chi connectivity index (χ2n) is 5.78. The molecule has 0 unspecified atom stereocenters. The summed E-state index contributed by atoms with van der Waals surface area (Å²) in [7, 11) is 0. The van der Waals surface area contributed by atoms with E-state index in [1.807, 2.05) is 44.2 Å². The topological polar surface area (TPSA) is 38.7 Å². The van der Waals surface area contributed by atoms with E-state index in [9.17, 15) is 0 Å². The van der Waals surface area contributed by atoms with Gasteiger partial charge in [-0.05, 0) is 43.7 Å². The molecule has 0 bridgehead atoms. The third kappa shape index (κ3) is 2.41. The first-order valence-corrected chi connectivity index (χ1v) is 8.29. The maximum absolute atomic E-state index is 6.52. The molecule has 4 aromatic rings. The Morgan fingerprint density at radius 3 is 2.42 bits per heavy atom. The van der Waals surface area contributed by atoms with Crippen LogP contribution in [0, 0.1) is 13.8 Å². The molecule has 0 aliphatic carbocycles. The number of pyridine rings is 1. The van der Waals surface area contributed by atoms with Crippen molar-refractivity contribution in [2.75, 3.05) is 0 Å². The predicted octanol–water partition coefficient (Wildman–Crippen LogP) is 5.77. The van der Waals surface area contributed by atoms with Gasteiger partial charge >= 0.3 is 0 Å². The number of benzene rings is 2. The molecule has 24 heavy (non-hydrogen) atoms. The van der Waals surface area contributed by atoms with Gasteiger partial charge in [0.2, 0.25) is 0 Å². The van der Waals surface area contributed by atoms with Crippen molar-refractivity contribution >= 4 is 44.9 Å². The Hall–Kier alpha value is -2.23. The van der Waals surface area contributed by atoms with Crippen molar-refractivity contribution in [3.05, 3.63) is 64.0 Å². The average Bonchev–Trinajstić information content (AvgIpc) is 2.58. The minimum Gasteiger partial charge on any atom is -0.253 e. The largest absolute Gasteiger partial charge is 0.253 e. The lowest BCUT2D eigenvalue weighted by molar-refractivity contribution is 1.00. The fraction of sp³-hybridized carbons (Fsp3) is 0.105. The molecule has 0 radical (unpaired) electrons. The lowest BCUT2D eigenvalue weighted by atomic mass is 9.97. The van der Waals surface area contributed by atoms with E-state index in [1.54, 1.807) is 0 Å². The molecule has 0 aliphatic rings. The molecule has 3 nitrogen and oxygen atoms in total. The summed E-state index contributed by atoms with van der Waals surface area (Å²) >= 11 is 12.7. The van der Waals surface area contributed by atoms with Gasteiger partial charge in [-0.15, -0.1) is 5.10 Å². The minimum absolute atomic E-state index is 0.406. The van der Waals surface area contributed by atoms with E-state index in [-0.39, 0.29) is 0 Å². The van der Waals surface area contributed by atoms with Crippen LogP contribution in [-0.2, 0) is 0 Å². The number of fused-ring (bicyclic) bond motifs is 2. The summed E-state index contributed by atoms with van der Waals surface area (Å²) in [6, 6.07) is 13.9. The SMILES string of the molecule is Cc1ccc2c(-c3ccc4c(Cl)nnc(C)c4c3)c(Cl)ccc2n1. The van der Waals surface area contributed by atoms with Crippen LogP contribution in [0.3, 0.4) is 0 Å². The van der Waals surface area contributed by atoms with Crippen molar-refractivity contribution in [1.29, 1.82) is 0 Å². The van der Waals surface area contributed by atoms with Crippen LogP contribution < -0.4 is 0 Å². The zero-order valence-corrected chi connectivity index (χ0v) is 14.7. The summed E-state index contributed by atoms with van der Waals surface area (Å²) in [4.78, 5) is 4.59. The van der Waals surface area contributed by atoms with Crippen molar-refractivity contribution in [2.45, 2.75) is 13.8 Å². The van der Waals surface area contributed by atoms with Gasteiger partial charge in [-0.25, -0.2) is 0 Å². The number of aromatic nitrogens is 3. The quantitative estimate of drug-likeness (QED) is 0.436. The molecule has 0 aliphatic heterocycles. The Bertz CT molecular complexity index is 1110. The second kappa shape index (κ2) is 5.69. The molecule has 0 N–H and O–H groups in total. The third-order valence-corrected chi connectivity index (χ3v) is 4.76. The lowest BCUT2D eigenvalue weighted by Crippen LogP contribution is -1.92. The summed E-state index contributed by atoms with van der Waals surface area (Å²) in [6.45, 7) is 3.90. The highest BCUT2D eigenvalue weighted by Crippen LogP contribution is 2.37. The highest BCUT2D eigenvalue weighted by Gasteiger charge is 2.12. The van der Waals surface area contributed by atoms with Crippen LogP contribution in [0.5, 0.6) is 0 Å². The lowest BCUT2D eigenvalue weighted by Gasteiger charge is -2.11. The van der Waals surface area contributed by atoms with Gasteiger partial charge in [0.05, 0.1) is 11.2 Å². The fourth-order valence-electron chi connectivity index (χ4n) is 2.98. The molecule has 2 aromatic carbocycles. The highest BCUT2D eigenvalue weighted by molar-refractivity contribution is 6.35. The summed E-state index contributed by atoms with van der Waals surface area (Å²) < 4.78 is 0. The van der Waals surface area contributed by atoms with Crippen LogP contribution in [0.1, 0.15) is 11.4 Å². The van der Waals surface area contributed by atoms with Crippen LogP contribution in [0.2, 0.25) is 10.2 Å². The van der Waals surface area contributed by atoms with E-state index in [0.29, 0.717) is 10.2 Å². The monoisotopic (exact) mass is 353 g/mol. The van der Waals surface area contributed by atoms with Gasteiger partial charge in [0.25, 0.3) is 0 Å². The van der Waals surface area contributed by atoms with Gasteiger partial charge in [-0.2, -0.15) is 5.10 Å². The van der Waals surface area contributed by atoms with E-state index in [4.69, 9.17) is 23.2 Å². The Balaban J connectivity index is 2.06. The summed E-state index contributed by atoms with van der Waals surface area (Å²) in [5.41, 5.74) is 4.72. The predicted molar refractivity (Wildman–Crippen MR) is 99.8 cm³/mol. The molecule has 4 rings (SSSR count). The molecule has 118 valence electrons. The van der Waals surface area contributed by atoms with E-state index in [0.717, 1.165) is 44.2 Å². The van der Waals surface area contributed by atoms with Crippen LogP contribution in [0.4, 0.5) is 0 Å². The van der Waals surface area contributed by atoms with Gasteiger partial charge in [-0.3, -0.25) is 4.98 Å². The minimum atomic E-state index is 0.406. The summed E-state index contributed by atoms with van der Waals surface area (Å²) in [5.74, 6) is 0. The molecular formula is C19H13Cl2N3. The smallest absolute Gasteiger partial charge is 0.159 e. The zero-order chi connectivity index (χ0) is 16.8. The summed E-state index contributed by atoms with van der Waals surface area (Å²) in [5, 5.41) is 12.1. The van der Waals surface area contributed by atoms with Gasteiger partial charge in [0.1, 0.15) is 0 Å². The number of hydrogen-bond donors (Lipinski definition) is 0. The Kier molecular flexibility index (Phi) is 3.63. The number of halogens is 2. The first kappa shape index (κ1) is 15.3. The Labute approximate surface area is 149 Å². The molecular weight excluding hydrogens is 341 g/mol. The third-order valence-electron chi connectivity index (χ3n) is 4.17. The zero-order valence-electron chi connectivity index (χ0n) is 13.1. The second-order valence-corrected chi connectivity index (χ2v) is 6.54. The number of aryl methyl sites for hydroxylation is 2. The maximum atomic E-state index is 6.52. The molecule has 0 saturated heterocycles. The van der Waals surface area contributed by atoms with Crippen molar-refractivity contribution in [3.63, 3.8) is 0 Å². The Morgan fingerprint density at radius 1 is 0.792 bits per heavy atom. The first-order chi connectivity index (χ1) is 11.5. The molecule has 0 amide bonds. The highest BCUT2D eigenvalue weighted by atomic mass is 35.5. The van der Waals surface area contributed by atoms with Crippen LogP contribution in [0.25, 0.3) is 32.8 Å². The van der Waals surface area contributed by atoms with Crippen molar-refractivity contribution in [2.24, 2.45) is 0 Å². The molecule has 0 spiro atoms. The average molecular weight is 354 g/mol. The van der Waals surface area contributed by atoms with E-state index in [2.05, 4.69) is 27.3 Å². The van der Waals surface area contributed by atoms with Gasteiger partial charge in [0, 0.05) is 32.4 Å². The standard InChI is InChI=1S/C19H13Cl2N3/c1-10-3-5-14-17(22-10)8-7-16(20)18(14)12-4-6-13-15(9-12)11(2)23-24-19(13)21/h3-9H,1-2H3. The van der Waals surface area contributed by atoms with Crippen molar-refractivity contribution < 1.29 is 0 Å². The maximum Gasteiger partial charge on any atom is 0.159 e. The molecule has 0 atom stereocenters. The van der Waals surface area contributed by atoms with E-state index < -0.39 is 0 Å². The Morgan fingerprint density at radius 2 is 1.58 bits per heavy atom. The molecule has 2 heterocycles.